The van der Waals surface area contributed by atoms with E-state index in [0.717, 1.165) is 27.8 Å². The molecule has 0 aliphatic heterocycles. The van der Waals surface area contributed by atoms with E-state index in [-0.39, 0.29) is 0 Å². The fourth-order valence-electron chi connectivity index (χ4n) is 2.70. The van der Waals surface area contributed by atoms with Crippen LogP contribution in [0.4, 0.5) is 11.6 Å². The highest BCUT2D eigenvalue weighted by Gasteiger charge is 2.09. The number of halogens is 1. The summed E-state index contributed by atoms with van der Waals surface area (Å²) >= 11 is 6.24. The average Bonchev–Trinajstić information content (AvgIpc) is 2.63. The summed E-state index contributed by atoms with van der Waals surface area (Å²) in [6.07, 6.45) is 1.78. The predicted molar refractivity (Wildman–Crippen MR) is 102 cm³/mol. The number of pyridine rings is 1. The number of aromatic nitrogens is 3. The zero-order valence-electron chi connectivity index (χ0n) is 13.6. The first-order chi connectivity index (χ1) is 12.2. The molecule has 4 rings (SSSR count). The van der Waals surface area contributed by atoms with E-state index in [1.165, 1.54) is 5.56 Å². The molecule has 0 saturated carbocycles. The Balaban J connectivity index is 1.78. The zero-order valence-corrected chi connectivity index (χ0v) is 14.3. The van der Waals surface area contributed by atoms with Crippen molar-refractivity contribution in [3.63, 3.8) is 0 Å². The molecule has 4 aromatic rings. The maximum atomic E-state index is 6.24. The molecule has 25 heavy (non-hydrogen) atoms. The van der Waals surface area contributed by atoms with Crippen molar-refractivity contribution < 1.29 is 0 Å². The number of nitrogens with one attached hydrogen (secondary N) is 1. The third-order valence-electron chi connectivity index (χ3n) is 3.93. The van der Waals surface area contributed by atoms with Gasteiger partial charge >= 0.3 is 0 Å². The van der Waals surface area contributed by atoms with Crippen LogP contribution in [0.25, 0.3) is 22.2 Å². The van der Waals surface area contributed by atoms with Crippen LogP contribution in [0.1, 0.15) is 5.56 Å². The molecule has 2 aromatic heterocycles. The molecule has 122 valence electrons. The maximum Gasteiger partial charge on any atom is 0.229 e. The molecule has 4 nitrogen and oxygen atoms in total. The number of anilines is 2. The first-order valence-corrected chi connectivity index (χ1v) is 8.29. The van der Waals surface area contributed by atoms with Crippen LogP contribution >= 0.6 is 11.6 Å². The third kappa shape index (κ3) is 3.30. The van der Waals surface area contributed by atoms with E-state index in [1.807, 2.05) is 61.5 Å². The minimum absolute atomic E-state index is 0.389. The minimum atomic E-state index is 0.389. The van der Waals surface area contributed by atoms with Crippen LogP contribution in [0, 0.1) is 6.92 Å². The number of nitrogens with zero attached hydrogens (tertiary/aromatic N) is 3. The minimum Gasteiger partial charge on any atom is -0.324 e. The molecule has 0 aliphatic carbocycles. The molecule has 0 saturated heterocycles. The molecule has 0 spiro atoms. The van der Waals surface area contributed by atoms with Crippen LogP contribution in [0.5, 0.6) is 0 Å². The second-order valence-electron chi connectivity index (χ2n) is 5.77. The van der Waals surface area contributed by atoms with Crippen molar-refractivity contribution in [2.75, 3.05) is 5.32 Å². The molecule has 0 amide bonds. The molecule has 0 unspecified atom stereocenters. The van der Waals surface area contributed by atoms with Gasteiger partial charge in [0.05, 0.1) is 11.2 Å². The van der Waals surface area contributed by atoms with Gasteiger partial charge in [-0.1, -0.05) is 47.5 Å². The fraction of sp³-hybridized carbons (Fsp3) is 0.0500. The van der Waals surface area contributed by atoms with Gasteiger partial charge in [-0.2, -0.15) is 0 Å². The van der Waals surface area contributed by atoms with Gasteiger partial charge in [0.2, 0.25) is 5.95 Å². The standard InChI is InChI=1S/C20H15ClN4/c1-13-6-8-14(9-7-13)23-20-24-18(12-19(21)25-20)16-10-11-22-17-5-3-2-4-15(16)17/h2-12H,1H3,(H,23,24,25). The van der Waals surface area contributed by atoms with E-state index in [0.29, 0.717) is 11.1 Å². The summed E-state index contributed by atoms with van der Waals surface area (Å²) in [4.78, 5) is 13.3. The molecule has 5 heteroatoms. The van der Waals surface area contributed by atoms with E-state index in [2.05, 4.69) is 20.3 Å². The van der Waals surface area contributed by atoms with Crippen LogP contribution in [-0.4, -0.2) is 15.0 Å². The number of hydrogen-bond acceptors (Lipinski definition) is 4. The van der Waals surface area contributed by atoms with Gasteiger partial charge in [-0.05, 0) is 31.2 Å². The highest BCUT2D eigenvalue weighted by Crippen LogP contribution is 2.28. The number of aryl methyl sites for hydroxylation is 1. The van der Waals surface area contributed by atoms with Crippen molar-refractivity contribution in [3.05, 3.63) is 77.6 Å². The van der Waals surface area contributed by atoms with E-state index < -0.39 is 0 Å². The number of benzene rings is 2. The van der Waals surface area contributed by atoms with Gasteiger partial charge in [0.25, 0.3) is 0 Å². The Morgan fingerprint density at radius 2 is 1.72 bits per heavy atom. The third-order valence-corrected chi connectivity index (χ3v) is 4.12. The smallest absolute Gasteiger partial charge is 0.229 e. The summed E-state index contributed by atoms with van der Waals surface area (Å²) in [5, 5.41) is 4.63. The van der Waals surface area contributed by atoms with E-state index >= 15 is 0 Å². The van der Waals surface area contributed by atoms with Gasteiger partial charge in [-0.25, -0.2) is 9.97 Å². The van der Waals surface area contributed by atoms with Crippen LogP contribution in [0.15, 0.2) is 66.9 Å². The predicted octanol–water partition coefficient (Wildman–Crippen LogP) is 5.40. The lowest BCUT2D eigenvalue weighted by molar-refractivity contribution is 1.17. The van der Waals surface area contributed by atoms with Gasteiger partial charge in [-0.3, -0.25) is 4.98 Å². The average molecular weight is 347 g/mol. The van der Waals surface area contributed by atoms with E-state index in [1.54, 1.807) is 12.3 Å². The van der Waals surface area contributed by atoms with Gasteiger partial charge in [-0.15, -0.1) is 0 Å². The Morgan fingerprint density at radius 3 is 2.56 bits per heavy atom. The van der Waals surface area contributed by atoms with Crippen LogP contribution in [-0.2, 0) is 0 Å². The molecule has 1 N–H and O–H groups in total. The summed E-state index contributed by atoms with van der Waals surface area (Å²) in [5.41, 5.74) is 4.76. The topological polar surface area (TPSA) is 50.7 Å². The highest BCUT2D eigenvalue weighted by molar-refractivity contribution is 6.29. The van der Waals surface area contributed by atoms with Crippen LogP contribution in [0.2, 0.25) is 5.15 Å². The quantitative estimate of drug-likeness (QED) is 0.505. The number of rotatable bonds is 3. The first-order valence-electron chi connectivity index (χ1n) is 7.91. The Hall–Kier alpha value is -2.98. The van der Waals surface area contributed by atoms with Crippen LogP contribution < -0.4 is 5.32 Å². The van der Waals surface area contributed by atoms with Crippen molar-refractivity contribution in [3.8, 4) is 11.3 Å². The molecule has 2 aromatic carbocycles. The van der Waals surface area contributed by atoms with Crippen molar-refractivity contribution in [2.24, 2.45) is 0 Å². The second kappa shape index (κ2) is 6.49. The number of fused-ring (bicyclic) bond motifs is 1. The number of hydrogen-bond donors (Lipinski definition) is 1. The number of para-hydroxylation sites is 1. The SMILES string of the molecule is Cc1ccc(Nc2nc(Cl)cc(-c3ccnc4ccccc34)n2)cc1. The van der Waals surface area contributed by atoms with Crippen molar-refractivity contribution in [1.29, 1.82) is 0 Å². The monoisotopic (exact) mass is 346 g/mol. The lowest BCUT2D eigenvalue weighted by atomic mass is 10.1. The van der Waals surface area contributed by atoms with E-state index in [9.17, 15) is 0 Å². The summed E-state index contributed by atoms with van der Waals surface area (Å²) in [6, 6.07) is 19.7. The van der Waals surface area contributed by atoms with Gasteiger partial charge in [0.15, 0.2) is 0 Å². The molecule has 0 bridgehead atoms. The fourth-order valence-corrected chi connectivity index (χ4v) is 2.88. The largest absolute Gasteiger partial charge is 0.324 e. The lowest BCUT2D eigenvalue weighted by Crippen LogP contribution is -1.99. The lowest BCUT2D eigenvalue weighted by Gasteiger charge is -2.09. The Labute approximate surface area is 150 Å². The summed E-state index contributed by atoms with van der Waals surface area (Å²) in [6.45, 7) is 2.05. The highest BCUT2D eigenvalue weighted by atomic mass is 35.5. The van der Waals surface area contributed by atoms with Gasteiger partial charge in [0, 0.05) is 28.9 Å². The van der Waals surface area contributed by atoms with Crippen molar-refractivity contribution >= 4 is 34.1 Å². The maximum absolute atomic E-state index is 6.24. The first kappa shape index (κ1) is 15.5. The van der Waals surface area contributed by atoms with Crippen LogP contribution in [0.3, 0.4) is 0 Å². The molecular weight excluding hydrogens is 332 g/mol. The Morgan fingerprint density at radius 1 is 0.920 bits per heavy atom. The van der Waals surface area contributed by atoms with Crippen molar-refractivity contribution in [2.45, 2.75) is 6.92 Å². The summed E-state index contributed by atoms with van der Waals surface area (Å²) in [5.74, 6) is 0.465. The Kier molecular flexibility index (Phi) is 4.04. The molecule has 2 heterocycles. The molecule has 0 atom stereocenters. The molecule has 0 radical (unpaired) electrons. The van der Waals surface area contributed by atoms with Gasteiger partial charge < -0.3 is 5.32 Å². The summed E-state index contributed by atoms with van der Waals surface area (Å²) in [7, 11) is 0. The van der Waals surface area contributed by atoms with Crippen molar-refractivity contribution in [1.82, 2.24) is 15.0 Å². The molecule has 0 aliphatic rings. The molecular formula is C20H15ClN4. The second-order valence-corrected chi connectivity index (χ2v) is 6.15. The normalized spacial score (nSPS) is 10.8. The zero-order chi connectivity index (χ0) is 17.2. The summed E-state index contributed by atoms with van der Waals surface area (Å²) < 4.78 is 0. The Bertz CT molecular complexity index is 1040. The van der Waals surface area contributed by atoms with E-state index in [4.69, 9.17) is 11.6 Å². The van der Waals surface area contributed by atoms with Gasteiger partial charge in [0.1, 0.15) is 5.15 Å². The molecule has 0 fully saturated rings.